The third-order valence-corrected chi connectivity index (χ3v) is 3.31. The fourth-order valence-electron chi connectivity index (χ4n) is 2.14. The van der Waals surface area contributed by atoms with Crippen LogP contribution in [0.3, 0.4) is 0 Å². The van der Waals surface area contributed by atoms with E-state index in [1.54, 1.807) is 12.3 Å². The number of nitrogens with zero attached hydrogens (tertiary/aromatic N) is 2. The maximum absolute atomic E-state index is 11.3. The van der Waals surface area contributed by atoms with E-state index in [0.29, 0.717) is 6.61 Å². The molecule has 2 rings (SSSR count). The smallest absolute Gasteiger partial charge is 0.254 e. The van der Waals surface area contributed by atoms with E-state index in [9.17, 15) is 4.79 Å². The van der Waals surface area contributed by atoms with Gasteiger partial charge in [0.05, 0.1) is 18.9 Å². The zero-order valence-corrected chi connectivity index (χ0v) is 13.1. The van der Waals surface area contributed by atoms with E-state index in [1.807, 2.05) is 36.4 Å². The van der Waals surface area contributed by atoms with Crippen molar-refractivity contribution in [2.24, 2.45) is 5.10 Å². The zero-order valence-electron chi connectivity index (χ0n) is 13.1. The van der Waals surface area contributed by atoms with Crippen molar-refractivity contribution in [1.82, 2.24) is 5.43 Å². The average Bonchev–Trinajstić information content (AvgIpc) is 2.56. The Morgan fingerprint density at radius 2 is 2.17 bits per heavy atom. The third-order valence-electron chi connectivity index (χ3n) is 3.31. The number of nitrogens with one attached hydrogen (secondary N) is 1. The van der Waals surface area contributed by atoms with Crippen LogP contribution in [0.2, 0.25) is 0 Å². The summed E-state index contributed by atoms with van der Waals surface area (Å²) in [5, 5.41) is 14.5. The topological polar surface area (TPSA) is 74.5 Å². The first kappa shape index (κ1) is 16.5. The van der Waals surface area contributed by atoms with Crippen molar-refractivity contribution in [1.29, 1.82) is 5.26 Å². The van der Waals surface area contributed by atoms with Gasteiger partial charge < -0.3 is 4.74 Å². The second-order valence-corrected chi connectivity index (χ2v) is 5.03. The summed E-state index contributed by atoms with van der Waals surface area (Å²) in [6.45, 7) is 2.74. The molecule has 0 aliphatic carbocycles. The summed E-state index contributed by atoms with van der Waals surface area (Å²) >= 11 is 0. The van der Waals surface area contributed by atoms with Crippen LogP contribution in [-0.2, 0) is 4.79 Å². The van der Waals surface area contributed by atoms with Crippen LogP contribution in [-0.4, -0.2) is 18.7 Å². The van der Waals surface area contributed by atoms with Gasteiger partial charge in [-0.3, -0.25) is 4.79 Å². The van der Waals surface area contributed by atoms with Crippen LogP contribution >= 0.6 is 0 Å². The highest BCUT2D eigenvalue weighted by Gasteiger charge is 2.07. The summed E-state index contributed by atoms with van der Waals surface area (Å²) in [6, 6.07) is 13.6. The Morgan fingerprint density at radius 3 is 2.96 bits per heavy atom. The molecule has 2 aromatic rings. The summed E-state index contributed by atoms with van der Waals surface area (Å²) in [4.78, 5) is 11.3. The molecule has 1 N–H and O–H groups in total. The van der Waals surface area contributed by atoms with Crippen LogP contribution in [0.25, 0.3) is 10.8 Å². The van der Waals surface area contributed by atoms with Gasteiger partial charge in [0.25, 0.3) is 5.91 Å². The van der Waals surface area contributed by atoms with Crippen LogP contribution < -0.4 is 10.2 Å². The molecule has 118 valence electrons. The Labute approximate surface area is 135 Å². The van der Waals surface area contributed by atoms with Crippen molar-refractivity contribution in [2.75, 3.05) is 6.61 Å². The first-order valence-corrected chi connectivity index (χ1v) is 7.59. The molecule has 0 spiro atoms. The summed E-state index contributed by atoms with van der Waals surface area (Å²) in [5.74, 6) is 0.299. The lowest BCUT2D eigenvalue weighted by Gasteiger charge is -2.11. The fourth-order valence-corrected chi connectivity index (χ4v) is 2.14. The van der Waals surface area contributed by atoms with Gasteiger partial charge in [-0.15, -0.1) is 0 Å². The molecule has 0 unspecified atom stereocenters. The fraction of sp³-hybridized carbons (Fsp3) is 0.278. The Hall–Kier alpha value is -2.87. The van der Waals surface area contributed by atoms with E-state index in [-0.39, 0.29) is 6.42 Å². The van der Waals surface area contributed by atoms with Gasteiger partial charge in [-0.05, 0) is 23.3 Å². The highest BCUT2D eigenvalue weighted by Crippen LogP contribution is 2.26. The van der Waals surface area contributed by atoms with Gasteiger partial charge in [0.15, 0.2) is 0 Å². The van der Waals surface area contributed by atoms with E-state index in [0.717, 1.165) is 34.9 Å². The molecule has 23 heavy (non-hydrogen) atoms. The molecule has 0 aliphatic heterocycles. The van der Waals surface area contributed by atoms with Gasteiger partial charge in [0, 0.05) is 5.56 Å². The van der Waals surface area contributed by atoms with Crippen LogP contribution in [0.5, 0.6) is 5.75 Å². The van der Waals surface area contributed by atoms with Crippen molar-refractivity contribution < 1.29 is 9.53 Å². The number of unbranched alkanes of at least 4 members (excludes halogenated alkanes) is 1. The van der Waals surface area contributed by atoms with Gasteiger partial charge in [-0.2, -0.15) is 10.4 Å². The number of benzene rings is 2. The molecule has 0 radical (unpaired) electrons. The maximum Gasteiger partial charge on any atom is 0.254 e. The number of carbonyl (C=O) groups is 1. The molecule has 5 heteroatoms. The van der Waals surface area contributed by atoms with Crippen LogP contribution in [0.1, 0.15) is 31.7 Å². The quantitative estimate of drug-likeness (QED) is 0.484. The average molecular weight is 309 g/mol. The number of nitriles is 1. The van der Waals surface area contributed by atoms with Crippen molar-refractivity contribution in [3.05, 3.63) is 42.0 Å². The number of hydrogen-bond donors (Lipinski definition) is 1. The maximum atomic E-state index is 11.3. The van der Waals surface area contributed by atoms with E-state index in [1.165, 1.54) is 0 Å². The van der Waals surface area contributed by atoms with Crippen molar-refractivity contribution in [2.45, 2.75) is 26.2 Å². The number of rotatable bonds is 7. The van der Waals surface area contributed by atoms with E-state index < -0.39 is 5.91 Å². The Morgan fingerprint density at radius 1 is 1.35 bits per heavy atom. The lowest BCUT2D eigenvalue weighted by atomic mass is 10.0. The molecular formula is C18H19N3O2. The molecule has 0 aliphatic rings. The number of ether oxygens (including phenoxy) is 1. The molecule has 0 aromatic heterocycles. The van der Waals surface area contributed by atoms with E-state index >= 15 is 0 Å². The number of fused-ring (bicyclic) bond motifs is 1. The largest absolute Gasteiger partial charge is 0.493 e. The summed E-state index contributed by atoms with van der Waals surface area (Å²) in [7, 11) is 0. The first-order valence-electron chi connectivity index (χ1n) is 7.59. The monoisotopic (exact) mass is 309 g/mol. The Kier molecular flexibility index (Phi) is 6.13. The van der Waals surface area contributed by atoms with E-state index in [2.05, 4.69) is 17.5 Å². The predicted octanol–water partition coefficient (Wildman–Crippen LogP) is 3.38. The molecule has 0 atom stereocenters. The van der Waals surface area contributed by atoms with Gasteiger partial charge in [0.2, 0.25) is 0 Å². The van der Waals surface area contributed by atoms with Gasteiger partial charge in [0.1, 0.15) is 12.2 Å². The summed E-state index contributed by atoms with van der Waals surface area (Å²) in [5.41, 5.74) is 3.16. The van der Waals surface area contributed by atoms with Crippen molar-refractivity contribution >= 4 is 22.9 Å². The zero-order chi connectivity index (χ0) is 16.5. The minimum Gasteiger partial charge on any atom is -0.493 e. The van der Waals surface area contributed by atoms with Crippen molar-refractivity contribution in [3.63, 3.8) is 0 Å². The summed E-state index contributed by atoms with van der Waals surface area (Å²) < 4.78 is 5.83. The number of amides is 1. The highest BCUT2D eigenvalue weighted by molar-refractivity contribution is 6.02. The second-order valence-electron chi connectivity index (χ2n) is 5.03. The number of carbonyl (C=O) groups excluding carboxylic acids is 1. The normalized spacial score (nSPS) is 10.6. The van der Waals surface area contributed by atoms with Crippen molar-refractivity contribution in [3.8, 4) is 11.8 Å². The molecule has 0 fully saturated rings. The molecule has 5 nitrogen and oxygen atoms in total. The number of hydrazone groups is 1. The van der Waals surface area contributed by atoms with Crippen LogP contribution in [0.15, 0.2) is 41.5 Å². The third kappa shape index (κ3) is 4.55. The molecule has 0 heterocycles. The van der Waals surface area contributed by atoms with Gasteiger partial charge >= 0.3 is 0 Å². The second kappa shape index (κ2) is 8.54. The lowest BCUT2D eigenvalue weighted by Crippen LogP contribution is -2.16. The molecule has 2 aromatic carbocycles. The summed E-state index contributed by atoms with van der Waals surface area (Å²) in [6.07, 6.45) is 3.38. The molecule has 0 bridgehead atoms. The molecule has 0 saturated carbocycles. The van der Waals surface area contributed by atoms with Gasteiger partial charge in [-0.1, -0.05) is 43.7 Å². The lowest BCUT2D eigenvalue weighted by molar-refractivity contribution is -0.120. The van der Waals surface area contributed by atoms with Crippen LogP contribution in [0, 0.1) is 11.3 Å². The highest BCUT2D eigenvalue weighted by atomic mass is 16.5. The molecule has 1 amide bonds. The molecular weight excluding hydrogens is 290 g/mol. The molecule has 0 saturated heterocycles. The minimum atomic E-state index is -0.433. The van der Waals surface area contributed by atoms with E-state index in [4.69, 9.17) is 10.00 Å². The Balaban J connectivity index is 2.29. The number of hydrogen-bond acceptors (Lipinski definition) is 4. The minimum absolute atomic E-state index is 0.216. The van der Waals surface area contributed by atoms with Crippen LogP contribution in [0.4, 0.5) is 0 Å². The Bertz CT molecular complexity index is 748. The standard InChI is InChI=1S/C18H19N3O2/c1-2-3-12-23-17-9-8-14-6-4-5-7-15(14)16(17)13-20-21-18(22)10-11-19/h4-9,13H,2-3,10,12H2,1H3,(H,21,22)/b20-13-. The SMILES string of the molecule is CCCCOc1ccc2ccccc2c1/C=N\NC(=O)CC#N. The first-order chi connectivity index (χ1) is 11.3. The van der Waals surface area contributed by atoms with Gasteiger partial charge in [-0.25, -0.2) is 5.43 Å². The predicted molar refractivity (Wildman–Crippen MR) is 90.3 cm³/mol.